The van der Waals surface area contributed by atoms with Gasteiger partial charge in [0.05, 0.1) is 5.92 Å². The second kappa shape index (κ2) is 5.88. The van der Waals surface area contributed by atoms with Gasteiger partial charge >= 0.3 is 0 Å². The van der Waals surface area contributed by atoms with Crippen molar-refractivity contribution in [1.29, 1.82) is 0 Å². The number of amides is 2. The van der Waals surface area contributed by atoms with Gasteiger partial charge in [-0.05, 0) is 51.0 Å². The van der Waals surface area contributed by atoms with E-state index in [1.54, 1.807) is 16.8 Å². The first kappa shape index (κ1) is 15.5. The Bertz CT molecular complexity index is 546. The summed E-state index contributed by atoms with van der Waals surface area (Å²) in [6, 6.07) is 6.25. The first-order valence-electron chi connectivity index (χ1n) is 7.45. The van der Waals surface area contributed by atoms with E-state index in [4.69, 9.17) is 0 Å². The van der Waals surface area contributed by atoms with E-state index < -0.39 is 0 Å². The Morgan fingerprint density at radius 2 is 1.81 bits per heavy atom. The van der Waals surface area contributed by atoms with Crippen LogP contribution in [-0.4, -0.2) is 36.3 Å². The standard InChI is InChI=1S/C17H24N2O2/c1-11(2)18(5)17(21)14-9-16(20)19(10-14)15-7-12(3)6-13(4)8-15/h6-8,11,14H,9-10H2,1-5H3. The Hall–Kier alpha value is -1.84. The minimum absolute atomic E-state index is 0.0375. The van der Waals surface area contributed by atoms with E-state index in [1.807, 2.05) is 39.8 Å². The second-order valence-corrected chi connectivity index (χ2v) is 6.29. The molecule has 1 aliphatic rings. The number of aryl methyl sites for hydroxylation is 2. The maximum absolute atomic E-state index is 12.4. The fraction of sp³-hybridized carbons (Fsp3) is 0.529. The van der Waals surface area contributed by atoms with E-state index in [9.17, 15) is 9.59 Å². The monoisotopic (exact) mass is 288 g/mol. The lowest BCUT2D eigenvalue weighted by atomic mass is 10.1. The molecular formula is C17H24N2O2. The topological polar surface area (TPSA) is 40.6 Å². The summed E-state index contributed by atoms with van der Waals surface area (Å²) in [6.07, 6.45) is 0.308. The lowest BCUT2D eigenvalue weighted by molar-refractivity contribution is -0.135. The largest absolute Gasteiger partial charge is 0.343 e. The van der Waals surface area contributed by atoms with Crippen molar-refractivity contribution in [3.05, 3.63) is 29.3 Å². The number of nitrogens with zero attached hydrogens (tertiary/aromatic N) is 2. The van der Waals surface area contributed by atoms with E-state index in [0.29, 0.717) is 13.0 Å². The fourth-order valence-electron chi connectivity index (χ4n) is 2.77. The summed E-state index contributed by atoms with van der Waals surface area (Å²) in [7, 11) is 1.80. The number of benzene rings is 1. The summed E-state index contributed by atoms with van der Waals surface area (Å²) in [5.41, 5.74) is 3.17. The first-order chi connectivity index (χ1) is 9.79. The molecule has 2 rings (SSSR count). The van der Waals surface area contributed by atoms with Crippen molar-refractivity contribution in [2.45, 2.75) is 40.2 Å². The summed E-state index contributed by atoms with van der Waals surface area (Å²) in [5.74, 6) is -0.133. The van der Waals surface area contributed by atoms with E-state index in [1.165, 1.54) is 0 Å². The second-order valence-electron chi connectivity index (χ2n) is 6.29. The normalized spacial score (nSPS) is 18.5. The number of carbonyl (C=O) groups is 2. The molecule has 1 unspecified atom stereocenters. The van der Waals surface area contributed by atoms with Crippen LogP contribution in [-0.2, 0) is 9.59 Å². The molecule has 1 fully saturated rings. The van der Waals surface area contributed by atoms with Crippen LogP contribution >= 0.6 is 0 Å². The van der Waals surface area contributed by atoms with Gasteiger partial charge in [-0.2, -0.15) is 0 Å². The molecule has 0 aromatic heterocycles. The van der Waals surface area contributed by atoms with Gasteiger partial charge in [0.15, 0.2) is 0 Å². The van der Waals surface area contributed by atoms with Gasteiger partial charge in [0, 0.05) is 31.7 Å². The quantitative estimate of drug-likeness (QED) is 0.857. The van der Waals surface area contributed by atoms with Crippen LogP contribution < -0.4 is 4.90 Å². The molecule has 1 atom stereocenters. The van der Waals surface area contributed by atoms with Crippen LogP contribution in [0.3, 0.4) is 0 Å². The number of anilines is 1. The Balaban J connectivity index is 2.18. The van der Waals surface area contributed by atoms with Crippen LogP contribution in [0.4, 0.5) is 5.69 Å². The predicted molar refractivity (Wildman–Crippen MR) is 84.3 cm³/mol. The molecule has 1 saturated heterocycles. The number of rotatable bonds is 3. The van der Waals surface area contributed by atoms with Gasteiger partial charge in [0.1, 0.15) is 0 Å². The van der Waals surface area contributed by atoms with Crippen LogP contribution in [0.2, 0.25) is 0 Å². The molecule has 0 N–H and O–H groups in total. The molecule has 4 nitrogen and oxygen atoms in total. The molecule has 0 saturated carbocycles. The predicted octanol–water partition coefficient (Wildman–Crippen LogP) is 2.52. The van der Waals surface area contributed by atoms with Crippen molar-refractivity contribution < 1.29 is 9.59 Å². The molecule has 0 bridgehead atoms. The fourth-order valence-corrected chi connectivity index (χ4v) is 2.77. The van der Waals surface area contributed by atoms with E-state index in [-0.39, 0.29) is 23.8 Å². The molecular weight excluding hydrogens is 264 g/mol. The highest BCUT2D eigenvalue weighted by molar-refractivity contribution is 6.00. The Morgan fingerprint density at radius 3 is 2.33 bits per heavy atom. The minimum Gasteiger partial charge on any atom is -0.343 e. The smallest absolute Gasteiger partial charge is 0.227 e. The highest BCUT2D eigenvalue weighted by atomic mass is 16.2. The molecule has 0 aliphatic carbocycles. The zero-order valence-corrected chi connectivity index (χ0v) is 13.5. The van der Waals surface area contributed by atoms with Crippen LogP contribution in [0.25, 0.3) is 0 Å². The van der Waals surface area contributed by atoms with E-state index >= 15 is 0 Å². The van der Waals surface area contributed by atoms with Gasteiger partial charge in [0.25, 0.3) is 0 Å². The average Bonchev–Trinajstić information content (AvgIpc) is 2.77. The van der Waals surface area contributed by atoms with Crippen molar-refractivity contribution in [2.24, 2.45) is 5.92 Å². The van der Waals surface area contributed by atoms with Crippen LogP contribution in [0.5, 0.6) is 0 Å². The third kappa shape index (κ3) is 3.26. The van der Waals surface area contributed by atoms with Crippen molar-refractivity contribution >= 4 is 17.5 Å². The van der Waals surface area contributed by atoms with Gasteiger partial charge < -0.3 is 9.80 Å². The summed E-state index contributed by atoms with van der Waals surface area (Å²) in [5, 5.41) is 0. The molecule has 4 heteroatoms. The molecule has 21 heavy (non-hydrogen) atoms. The van der Waals surface area contributed by atoms with Crippen molar-refractivity contribution in [3.63, 3.8) is 0 Å². The van der Waals surface area contributed by atoms with Crippen molar-refractivity contribution in [2.75, 3.05) is 18.5 Å². The Labute approximate surface area is 126 Å². The maximum atomic E-state index is 12.4. The summed E-state index contributed by atoms with van der Waals surface area (Å²) in [4.78, 5) is 28.1. The zero-order valence-electron chi connectivity index (χ0n) is 13.5. The molecule has 1 aromatic rings. The zero-order chi connectivity index (χ0) is 15.7. The Kier molecular flexibility index (Phi) is 4.35. The first-order valence-corrected chi connectivity index (χ1v) is 7.45. The van der Waals surface area contributed by atoms with Crippen LogP contribution in [0.15, 0.2) is 18.2 Å². The molecule has 0 spiro atoms. The Morgan fingerprint density at radius 1 is 1.24 bits per heavy atom. The molecule has 114 valence electrons. The molecule has 2 amide bonds. The van der Waals surface area contributed by atoms with Gasteiger partial charge in [0.2, 0.25) is 11.8 Å². The van der Waals surface area contributed by atoms with Gasteiger partial charge in [-0.1, -0.05) is 6.07 Å². The maximum Gasteiger partial charge on any atom is 0.227 e. The third-order valence-electron chi connectivity index (χ3n) is 4.11. The average molecular weight is 288 g/mol. The molecule has 1 aromatic carbocycles. The highest BCUT2D eigenvalue weighted by Gasteiger charge is 2.36. The van der Waals surface area contributed by atoms with Gasteiger partial charge in [-0.25, -0.2) is 0 Å². The molecule has 1 aliphatic heterocycles. The lowest BCUT2D eigenvalue weighted by Crippen LogP contribution is -2.38. The van der Waals surface area contributed by atoms with Crippen LogP contribution in [0.1, 0.15) is 31.4 Å². The number of carbonyl (C=O) groups excluding carboxylic acids is 2. The summed E-state index contributed by atoms with van der Waals surface area (Å²) >= 11 is 0. The number of hydrogen-bond donors (Lipinski definition) is 0. The third-order valence-corrected chi connectivity index (χ3v) is 4.11. The van der Waals surface area contributed by atoms with Gasteiger partial charge in [-0.3, -0.25) is 9.59 Å². The number of hydrogen-bond acceptors (Lipinski definition) is 2. The summed E-state index contributed by atoms with van der Waals surface area (Å²) in [6.45, 7) is 8.49. The van der Waals surface area contributed by atoms with E-state index in [2.05, 4.69) is 6.07 Å². The van der Waals surface area contributed by atoms with Crippen LogP contribution in [0, 0.1) is 19.8 Å². The molecule has 0 radical (unpaired) electrons. The molecule has 1 heterocycles. The van der Waals surface area contributed by atoms with Crippen molar-refractivity contribution in [3.8, 4) is 0 Å². The van der Waals surface area contributed by atoms with Gasteiger partial charge in [-0.15, -0.1) is 0 Å². The minimum atomic E-state index is -0.231. The SMILES string of the molecule is Cc1cc(C)cc(N2CC(C(=O)N(C)C(C)C)CC2=O)c1. The highest BCUT2D eigenvalue weighted by Crippen LogP contribution is 2.28. The van der Waals surface area contributed by atoms with E-state index in [0.717, 1.165) is 16.8 Å². The summed E-state index contributed by atoms with van der Waals surface area (Å²) < 4.78 is 0. The lowest BCUT2D eigenvalue weighted by Gasteiger charge is -2.25. The van der Waals surface area contributed by atoms with Crippen molar-refractivity contribution in [1.82, 2.24) is 4.90 Å².